The van der Waals surface area contributed by atoms with E-state index in [1.165, 1.54) is 28.6 Å². The zero-order valence-electron chi connectivity index (χ0n) is 19.0. The molecule has 2 atom stereocenters. The van der Waals surface area contributed by atoms with Gasteiger partial charge in [-0.3, -0.25) is 10.1 Å². The summed E-state index contributed by atoms with van der Waals surface area (Å²) >= 11 is 0. The van der Waals surface area contributed by atoms with E-state index < -0.39 is 33.0 Å². The number of carbonyl (C=O) groups excluding carboxylic acids is 1. The zero-order valence-corrected chi connectivity index (χ0v) is 19.8. The fourth-order valence-corrected chi connectivity index (χ4v) is 6.78. The molecule has 0 saturated heterocycles. The van der Waals surface area contributed by atoms with Crippen molar-refractivity contribution in [1.29, 1.82) is 0 Å². The number of esters is 1. The zero-order chi connectivity index (χ0) is 24.3. The van der Waals surface area contributed by atoms with Crippen molar-refractivity contribution in [3.63, 3.8) is 0 Å². The highest BCUT2D eigenvalue weighted by Gasteiger charge is 2.48. The highest BCUT2D eigenvalue weighted by Crippen LogP contribution is 2.46. The minimum Gasteiger partial charge on any atom is -0.463 e. The van der Waals surface area contributed by atoms with Gasteiger partial charge in [0.15, 0.2) is 0 Å². The van der Waals surface area contributed by atoms with Gasteiger partial charge >= 0.3 is 5.97 Å². The van der Waals surface area contributed by atoms with Crippen molar-refractivity contribution in [1.82, 2.24) is 4.31 Å². The molecule has 0 amide bonds. The Morgan fingerprint density at radius 1 is 1.06 bits per heavy atom. The maximum atomic E-state index is 14.0. The molecule has 0 bridgehead atoms. The van der Waals surface area contributed by atoms with Gasteiger partial charge in [0, 0.05) is 18.2 Å². The number of non-ortho nitro benzene ring substituents is 1. The molecule has 2 aromatic carbocycles. The van der Waals surface area contributed by atoms with Crippen LogP contribution in [0.15, 0.2) is 71.1 Å². The predicted molar refractivity (Wildman–Crippen MR) is 126 cm³/mol. The summed E-state index contributed by atoms with van der Waals surface area (Å²) in [4.78, 5) is 23.5. The largest absolute Gasteiger partial charge is 0.463 e. The van der Waals surface area contributed by atoms with Gasteiger partial charge in [-0.05, 0) is 43.4 Å². The molecule has 1 aliphatic carbocycles. The van der Waals surface area contributed by atoms with Crippen molar-refractivity contribution in [2.75, 3.05) is 6.61 Å². The van der Waals surface area contributed by atoms with E-state index >= 15 is 0 Å². The van der Waals surface area contributed by atoms with Crippen LogP contribution in [-0.4, -0.2) is 36.3 Å². The van der Waals surface area contributed by atoms with Gasteiger partial charge in [0.25, 0.3) is 5.69 Å². The average molecular weight is 485 g/mol. The first-order valence-corrected chi connectivity index (χ1v) is 13.0. The maximum Gasteiger partial charge on any atom is 0.335 e. The van der Waals surface area contributed by atoms with E-state index in [0.29, 0.717) is 11.1 Å². The van der Waals surface area contributed by atoms with Crippen LogP contribution in [0.1, 0.15) is 50.6 Å². The molecule has 2 aromatic rings. The van der Waals surface area contributed by atoms with Gasteiger partial charge in [0.05, 0.1) is 28.0 Å². The lowest BCUT2D eigenvalue weighted by molar-refractivity contribution is -0.384. The fraction of sp³-hybridized carbons (Fsp3) is 0.400. The van der Waals surface area contributed by atoms with Crippen molar-refractivity contribution in [3.05, 3.63) is 81.9 Å². The van der Waals surface area contributed by atoms with Gasteiger partial charge in [-0.15, -0.1) is 0 Å². The molecule has 0 spiro atoms. The molecule has 4 rings (SSSR count). The Bertz CT molecular complexity index is 1170. The fourth-order valence-electron chi connectivity index (χ4n) is 4.99. The molecule has 0 unspecified atom stereocenters. The van der Waals surface area contributed by atoms with E-state index in [-0.39, 0.29) is 23.1 Å². The molecule has 2 aliphatic rings. The van der Waals surface area contributed by atoms with Gasteiger partial charge < -0.3 is 4.74 Å². The van der Waals surface area contributed by atoms with E-state index in [9.17, 15) is 23.3 Å². The molecular weight excluding hydrogens is 456 g/mol. The Labute approximate surface area is 199 Å². The van der Waals surface area contributed by atoms with Crippen LogP contribution in [0.4, 0.5) is 5.69 Å². The van der Waals surface area contributed by atoms with Crippen LogP contribution in [0.3, 0.4) is 0 Å². The first-order chi connectivity index (χ1) is 16.3. The SMILES string of the molecule is CCOC(=O)C1=C[C@@H](C2CCCCC2)N(S(=O)(=O)c2ccc([N+](=O)[O-])cc2)[C@H]1c1ccccc1. The van der Waals surface area contributed by atoms with Gasteiger partial charge in [0.2, 0.25) is 10.0 Å². The molecule has 1 heterocycles. The number of ether oxygens (including phenoxy) is 1. The summed E-state index contributed by atoms with van der Waals surface area (Å²) in [6.45, 7) is 1.90. The molecule has 1 aliphatic heterocycles. The number of hydrogen-bond acceptors (Lipinski definition) is 6. The third kappa shape index (κ3) is 4.63. The van der Waals surface area contributed by atoms with Gasteiger partial charge in [-0.2, -0.15) is 4.31 Å². The quantitative estimate of drug-likeness (QED) is 0.318. The molecule has 0 N–H and O–H groups in total. The van der Waals surface area contributed by atoms with Gasteiger partial charge in [-0.25, -0.2) is 13.2 Å². The molecule has 0 radical (unpaired) electrons. The molecule has 0 aromatic heterocycles. The number of hydrogen-bond donors (Lipinski definition) is 0. The number of rotatable bonds is 7. The summed E-state index contributed by atoms with van der Waals surface area (Å²) in [5.41, 5.74) is 0.800. The predicted octanol–water partition coefficient (Wildman–Crippen LogP) is 4.78. The number of sulfonamides is 1. The monoisotopic (exact) mass is 484 g/mol. The van der Waals surface area contributed by atoms with Crippen LogP contribution >= 0.6 is 0 Å². The van der Waals surface area contributed by atoms with Crippen molar-refractivity contribution in [2.45, 2.75) is 56.0 Å². The molecule has 180 valence electrons. The maximum absolute atomic E-state index is 14.0. The van der Waals surface area contributed by atoms with Crippen molar-refractivity contribution >= 4 is 21.7 Å². The van der Waals surface area contributed by atoms with E-state index in [0.717, 1.165) is 32.1 Å². The second kappa shape index (κ2) is 10.1. The number of nitrogens with zero attached hydrogens (tertiary/aromatic N) is 2. The standard InChI is InChI=1S/C25H28N2O6S/c1-2-33-25(28)22-17-23(18-9-5-3-6-10-18)26(24(22)19-11-7-4-8-12-19)34(31,32)21-15-13-20(14-16-21)27(29)30/h4,7-8,11-18,23-24H,2-3,5-6,9-10H2,1H3/t23-,24-/m0/s1. The van der Waals surface area contributed by atoms with E-state index in [1.807, 2.05) is 18.2 Å². The lowest BCUT2D eigenvalue weighted by atomic mass is 9.84. The van der Waals surface area contributed by atoms with Gasteiger partial charge in [-0.1, -0.05) is 55.7 Å². The smallest absolute Gasteiger partial charge is 0.335 e. The summed E-state index contributed by atoms with van der Waals surface area (Å²) in [6, 6.07) is 12.6. The summed E-state index contributed by atoms with van der Waals surface area (Å²) < 4.78 is 34.8. The van der Waals surface area contributed by atoms with Crippen molar-refractivity contribution in [3.8, 4) is 0 Å². The first-order valence-electron chi connectivity index (χ1n) is 11.6. The normalized spacial score (nSPS) is 21.7. The Morgan fingerprint density at radius 3 is 2.29 bits per heavy atom. The highest BCUT2D eigenvalue weighted by atomic mass is 32.2. The van der Waals surface area contributed by atoms with E-state index in [4.69, 9.17) is 4.74 Å². The molecule has 1 fully saturated rings. The lowest BCUT2D eigenvalue weighted by Gasteiger charge is -2.36. The van der Waals surface area contributed by atoms with E-state index in [1.54, 1.807) is 25.1 Å². The summed E-state index contributed by atoms with van der Waals surface area (Å²) in [5, 5.41) is 11.1. The van der Waals surface area contributed by atoms with Crippen LogP contribution < -0.4 is 0 Å². The Morgan fingerprint density at radius 2 is 1.71 bits per heavy atom. The van der Waals surface area contributed by atoms with Gasteiger partial charge in [0.1, 0.15) is 0 Å². The van der Waals surface area contributed by atoms with Crippen LogP contribution in [0, 0.1) is 16.0 Å². The lowest BCUT2D eigenvalue weighted by Crippen LogP contribution is -2.43. The second-order valence-corrected chi connectivity index (χ2v) is 10.5. The minimum absolute atomic E-state index is 0.0432. The third-order valence-corrected chi connectivity index (χ3v) is 8.45. The van der Waals surface area contributed by atoms with Crippen LogP contribution in [0.25, 0.3) is 0 Å². The minimum atomic E-state index is -4.11. The van der Waals surface area contributed by atoms with Crippen LogP contribution in [-0.2, 0) is 19.6 Å². The summed E-state index contributed by atoms with van der Waals surface area (Å²) in [7, 11) is -4.11. The second-order valence-electron chi connectivity index (χ2n) is 8.63. The Hall–Kier alpha value is -3.04. The Kier molecular flexibility index (Phi) is 7.13. The number of nitro benzene ring substituents is 1. The Balaban J connectivity index is 1.85. The number of carbonyl (C=O) groups is 1. The summed E-state index contributed by atoms with van der Waals surface area (Å²) in [6.07, 6.45) is 6.62. The molecule has 1 saturated carbocycles. The molecule has 9 heteroatoms. The molecule has 34 heavy (non-hydrogen) atoms. The van der Waals surface area contributed by atoms with Crippen LogP contribution in [0.5, 0.6) is 0 Å². The molecule has 8 nitrogen and oxygen atoms in total. The summed E-state index contributed by atoms with van der Waals surface area (Å²) in [5.74, 6) is -0.460. The highest BCUT2D eigenvalue weighted by molar-refractivity contribution is 7.89. The number of nitro groups is 1. The number of benzene rings is 2. The average Bonchev–Trinajstić information content (AvgIpc) is 3.27. The topological polar surface area (TPSA) is 107 Å². The van der Waals surface area contributed by atoms with E-state index in [2.05, 4.69) is 0 Å². The third-order valence-electron chi connectivity index (χ3n) is 6.58. The van der Waals surface area contributed by atoms with Crippen LogP contribution in [0.2, 0.25) is 0 Å². The first kappa shape index (κ1) is 24.1. The van der Waals surface area contributed by atoms with Crippen molar-refractivity contribution in [2.24, 2.45) is 5.92 Å². The molecular formula is C25H28N2O6S. The van der Waals surface area contributed by atoms with Crippen molar-refractivity contribution < 1.29 is 22.9 Å².